The molecule has 0 fully saturated rings. The summed E-state index contributed by atoms with van der Waals surface area (Å²) < 4.78 is 0. The molecule has 2 N–H and O–H groups in total. The smallest absolute Gasteiger partial charge is 0.269 e. The zero-order valence-corrected chi connectivity index (χ0v) is 11.5. The molecular formula is C16H15N3O2. The maximum atomic E-state index is 11.9. The van der Waals surface area contributed by atoms with Gasteiger partial charge in [-0.1, -0.05) is 30.3 Å². The predicted octanol–water partition coefficient (Wildman–Crippen LogP) is 2.10. The van der Waals surface area contributed by atoms with Crippen molar-refractivity contribution in [2.24, 2.45) is 0 Å². The fraction of sp³-hybridized carbons (Fsp3) is 0.0625. The van der Waals surface area contributed by atoms with Crippen molar-refractivity contribution in [3.63, 3.8) is 0 Å². The largest absolute Gasteiger partial charge is 0.303 e. The molecule has 5 heteroatoms. The van der Waals surface area contributed by atoms with E-state index in [0.29, 0.717) is 16.8 Å². The number of benzene rings is 1. The number of rotatable bonds is 5. The lowest BCUT2D eigenvalue weighted by Crippen LogP contribution is -2.36. The molecule has 21 heavy (non-hydrogen) atoms. The molecule has 0 aliphatic rings. The first-order valence-corrected chi connectivity index (χ1v) is 6.41. The number of hydrogen-bond donors (Lipinski definition) is 2. The number of ketones is 1. The summed E-state index contributed by atoms with van der Waals surface area (Å²) in [6.07, 6.45) is 4.51. The highest BCUT2D eigenvalue weighted by Crippen LogP contribution is 2.02. The monoisotopic (exact) mass is 281 g/mol. The van der Waals surface area contributed by atoms with Crippen LogP contribution in [-0.2, 0) is 0 Å². The van der Waals surface area contributed by atoms with Gasteiger partial charge in [0.25, 0.3) is 5.91 Å². The Morgan fingerprint density at radius 3 is 2.29 bits per heavy atom. The van der Waals surface area contributed by atoms with Crippen molar-refractivity contribution >= 4 is 11.7 Å². The fourth-order valence-corrected chi connectivity index (χ4v) is 1.65. The topological polar surface area (TPSA) is 71.1 Å². The number of amides is 1. The number of carbonyl (C=O) groups is 2. The van der Waals surface area contributed by atoms with Crippen LogP contribution in [0.25, 0.3) is 0 Å². The van der Waals surface area contributed by atoms with Crippen molar-refractivity contribution < 1.29 is 9.59 Å². The number of aromatic nitrogens is 1. The third-order valence-corrected chi connectivity index (χ3v) is 2.72. The zero-order chi connectivity index (χ0) is 15.1. The van der Waals surface area contributed by atoms with Crippen LogP contribution in [0.5, 0.6) is 0 Å². The second-order valence-corrected chi connectivity index (χ2v) is 4.37. The number of hydrogen-bond acceptors (Lipinski definition) is 4. The highest BCUT2D eigenvalue weighted by Gasteiger charge is 2.05. The van der Waals surface area contributed by atoms with Crippen LogP contribution in [0.15, 0.2) is 66.6 Å². The quantitative estimate of drug-likeness (QED) is 0.500. The summed E-state index contributed by atoms with van der Waals surface area (Å²) in [5.74, 6) is -0.420. The van der Waals surface area contributed by atoms with E-state index in [-0.39, 0.29) is 11.7 Å². The zero-order valence-electron chi connectivity index (χ0n) is 11.5. The molecule has 0 unspecified atom stereocenters. The van der Waals surface area contributed by atoms with Gasteiger partial charge in [0, 0.05) is 35.3 Å². The summed E-state index contributed by atoms with van der Waals surface area (Å²) in [5, 5.41) is 0. The highest BCUT2D eigenvalue weighted by atomic mass is 16.2. The number of nitrogens with zero attached hydrogens (tertiary/aromatic N) is 1. The van der Waals surface area contributed by atoms with Crippen LogP contribution < -0.4 is 10.9 Å². The first-order valence-electron chi connectivity index (χ1n) is 6.41. The van der Waals surface area contributed by atoms with Crippen LogP contribution in [0, 0.1) is 0 Å². The minimum atomic E-state index is -0.294. The fourth-order valence-electron chi connectivity index (χ4n) is 1.65. The third kappa shape index (κ3) is 4.28. The van der Waals surface area contributed by atoms with Gasteiger partial charge in [-0.05, 0) is 19.1 Å². The van der Waals surface area contributed by atoms with Gasteiger partial charge in [-0.3, -0.25) is 20.0 Å². The molecule has 0 radical (unpaired) electrons. The summed E-state index contributed by atoms with van der Waals surface area (Å²) in [7, 11) is 0. The molecule has 5 nitrogen and oxygen atoms in total. The molecule has 1 heterocycles. The average molecular weight is 281 g/mol. The Bertz CT molecular complexity index is 652. The van der Waals surface area contributed by atoms with Crippen LogP contribution in [0.3, 0.4) is 0 Å². The Morgan fingerprint density at radius 2 is 1.62 bits per heavy atom. The Balaban J connectivity index is 1.93. The van der Waals surface area contributed by atoms with E-state index in [2.05, 4.69) is 15.8 Å². The van der Waals surface area contributed by atoms with Gasteiger partial charge in [0.15, 0.2) is 5.78 Å². The van der Waals surface area contributed by atoms with Crippen LogP contribution in [-0.4, -0.2) is 16.7 Å². The van der Waals surface area contributed by atoms with E-state index in [1.54, 1.807) is 43.3 Å². The van der Waals surface area contributed by atoms with E-state index in [0.717, 1.165) is 0 Å². The molecule has 0 saturated heterocycles. The van der Waals surface area contributed by atoms with Crippen LogP contribution in [0.4, 0.5) is 0 Å². The number of nitrogens with one attached hydrogen (secondary N) is 2. The molecule has 0 saturated carbocycles. The van der Waals surface area contributed by atoms with Gasteiger partial charge in [0.05, 0.1) is 0 Å². The number of hydrazine groups is 1. The lowest BCUT2D eigenvalue weighted by molar-refractivity contribution is 0.0936. The second kappa shape index (κ2) is 7.00. The lowest BCUT2D eigenvalue weighted by Gasteiger charge is -2.08. The molecule has 1 aromatic heterocycles. The Labute approximate surface area is 122 Å². The molecule has 2 rings (SSSR count). The van der Waals surface area contributed by atoms with E-state index in [1.807, 2.05) is 6.07 Å². The lowest BCUT2D eigenvalue weighted by atomic mass is 10.1. The number of carbonyl (C=O) groups excluding carboxylic acids is 2. The number of allylic oxidation sites excluding steroid dienone is 2. The molecule has 1 amide bonds. The molecule has 0 aliphatic carbocycles. The molecule has 0 aliphatic heterocycles. The van der Waals surface area contributed by atoms with Crippen molar-refractivity contribution in [3.8, 4) is 0 Å². The molecule has 0 spiro atoms. The van der Waals surface area contributed by atoms with E-state index in [1.165, 1.54) is 18.5 Å². The van der Waals surface area contributed by atoms with Gasteiger partial charge in [-0.15, -0.1) is 0 Å². The first kappa shape index (κ1) is 14.5. The van der Waals surface area contributed by atoms with Crippen molar-refractivity contribution in [1.82, 2.24) is 15.8 Å². The van der Waals surface area contributed by atoms with Gasteiger partial charge < -0.3 is 5.43 Å². The summed E-state index contributed by atoms with van der Waals surface area (Å²) in [6, 6.07) is 12.1. The van der Waals surface area contributed by atoms with Crippen molar-refractivity contribution in [3.05, 3.63) is 77.8 Å². The third-order valence-electron chi connectivity index (χ3n) is 2.72. The van der Waals surface area contributed by atoms with Gasteiger partial charge in [-0.25, -0.2) is 0 Å². The summed E-state index contributed by atoms with van der Waals surface area (Å²) in [5.41, 5.74) is 6.85. The standard InChI is InChI=1S/C16H15N3O2/c1-12(11-15(20)13-5-3-2-4-6-13)18-19-16(21)14-7-9-17-10-8-14/h2-11,18H,1H3,(H,19,21)/b12-11+. The highest BCUT2D eigenvalue weighted by molar-refractivity contribution is 6.04. The maximum absolute atomic E-state index is 11.9. The molecule has 1 aromatic carbocycles. The maximum Gasteiger partial charge on any atom is 0.269 e. The minimum absolute atomic E-state index is 0.126. The second-order valence-electron chi connectivity index (χ2n) is 4.37. The van der Waals surface area contributed by atoms with Crippen LogP contribution in [0.2, 0.25) is 0 Å². The van der Waals surface area contributed by atoms with Gasteiger partial charge in [-0.2, -0.15) is 0 Å². The van der Waals surface area contributed by atoms with Crippen molar-refractivity contribution in [2.75, 3.05) is 0 Å². The molecular weight excluding hydrogens is 266 g/mol. The Morgan fingerprint density at radius 1 is 0.952 bits per heavy atom. The van der Waals surface area contributed by atoms with E-state index < -0.39 is 0 Å². The van der Waals surface area contributed by atoms with E-state index in [9.17, 15) is 9.59 Å². The van der Waals surface area contributed by atoms with Crippen LogP contribution in [0.1, 0.15) is 27.6 Å². The van der Waals surface area contributed by atoms with Gasteiger partial charge in [0.2, 0.25) is 0 Å². The van der Waals surface area contributed by atoms with Crippen LogP contribution >= 0.6 is 0 Å². The number of pyridine rings is 1. The predicted molar refractivity (Wildman–Crippen MR) is 79.4 cm³/mol. The van der Waals surface area contributed by atoms with Crippen molar-refractivity contribution in [2.45, 2.75) is 6.92 Å². The summed E-state index contributed by atoms with van der Waals surface area (Å²) >= 11 is 0. The minimum Gasteiger partial charge on any atom is -0.303 e. The molecule has 106 valence electrons. The van der Waals surface area contributed by atoms with Gasteiger partial charge in [0.1, 0.15) is 0 Å². The van der Waals surface area contributed by atoms with E-state index in [4.69, 9.17) is 0 Å². The average Bonchev–Trinajstić information content (AvgIpc) is 2.54. The normalized spacial score (nSPS) is 10.8. The molecule has 0 atom stereocenters. The van der Waals surface area contributed by atoms with Crippen molar-refractivity contribution in [1.29, 1.82) is 0 Å². The molecule has 2 aromatic rings. The Kier molecular flexibility index (Phi) is 4.82. The SMILES string of the molecule is C/C(=C\C(=O)c1ccccc1)NNC(=O)c1ccncc1. The molecule has 0 bridgehead atoms. The Hall–Kier alpha value is -2.95. The van der Waals surface area contributed by atoms with E-state index >= 15 is 0 Å². The first-order chi connectivity index (χ1) is 10.2. The van der Waals surface area contributed by atoms with Gasteiger partial charge >= 0.3 is 0 Å². The summed E-state index contributed by atoms with van der Waals surface area (Å²) in [4.78, 5) is 27.6. The summed E-state index contributed by atoms with van der Waals surface area (Å²) in [6.45, 7) is 1.70.